The maximum atomic E-state index is 6.17. The SMILES string of the molecule is CC1(C)CC(c2ccc(C3CCC3)cc2)=CC(N)C1. The summed E-state index contributed by atoms with van der Waals surface area (Å²) in [5.41, 5.74) is 10.8. The van der Waals surface area contributed by atoms with E-state index in [1.54, 1.807) is 0 Å². The van der Waals surface area contributed by atoms with Crippen LogP contribution in [0.4, 0.5) is 0 Å². The van der Waals surface area contributed by atoms with E-state index in [2.05, 4.69) is 44.2 Å². The van der Waals surface area contributed by atoms with Crippen LogP contribution in [0.15, 0.2) is 30.3 Å². The zero-order valence-corrected chi connectivity index (χ0v) is 12.2. The molecule has 1 aromatic rings. The largest absolute Gasteiger partial charge is 0.324 e. The van der Waals surface area contributed by atoms with Crippen LogP contribution in [0.5, 0.6) is 0 Å². The average molecular weight is 255 g/mol. The van der Waals surface area contributed by atoms with E-state index in [1.807, 2.05) is 0 Å². The first kappa shape index (κ1) is 12.9. The van der Waals surface area contributed by atoms with Gasteiger partial charge in [-0.2, -0.15) is 0 Å². The molecule has 2 aliphatic carbocycles. The highest BCUT2D eigenvalue weighted by molar-refractivity contribution is 5.68. The predicted molar refractivity (Wildman–Crippen MR) is 82.0 cm³/mol. The molecule has 1 nitrogen and oxygen atoms in total. The zero-order chi connectivity index (χ0) is 13.5. The van der Waals surface area contributed by atoms with Crippen molar-refractivity contribution in [3.8, 4) is 0 Å². The van der Waals surface area contributed by atoms with Gasteiger partial charge in [0.15, 0.2) is 0 Å². The first-order chi connectivity index (χ1) is 9.03. The summed E-state index contributed by atoms with van der Waals surface area (Å²) in [6, 6.07) is 9.46. The fraction of sp³-hybridized carbons (Fsp3) is 0.556. The molecule has 19 heavy (non-hydrogen) atoms. The predicted octanol–water partition coefficient (Wildman–Crippen LogP) is 4.48. The lowest BCUT2D eigenvalue weighted by atomic mass is 9.73. The molecule has 3 rings (SSSR count). The zero-order valence-electron chi connectivity index (χ0n) is 12.2. The third kappa shape index (κ3) is 2.76. The van der Waals surface area contributed by atoms with E-state index in [0.29, 0.717) is 5.41 Å². The average Bonchev–Trinajstić information content (AvgIpc) is 2.25. The number of rotatable bonds is 2. The molecule has 1 atom stereocenters. The molecule has 0 amide bonds. The van der Waals surface area contributed by atoms with E-state index in [-0.39, 0.29) is 6.04 Å². The summed E-state index contributed by atoms with van der Waals surface area (Å²) in [5.74, 6) is 0.827. The summed E-state index contributed by atoms with van der Waals surface area (Å²) in [4.78, 5) is 0. The summed E-state index contributed by atoms with van der Waals surface area (Å²) in [6.45, 7) is 4.64. The second-order valence-corrected chi connectivity index (χ2v) is 7.15. The van der Waals surface area contributed by atoms with Gasteiger partial charge in [0.1, 0.15) is 0 Å². The molecule has 0 aromatic heterocycles. The molecule has 1 fully saturated rings. The summed E-state index contributed by atoms with van der Waals surface area (Å²) in [5, 5.41) is 0. The van der Waals surface area contributed by atoms with Crippen molar-refractivity contribution >= 4 is 5.57 Å². The molecule has 0 saturated heterocycles. The van der Waals surface area contributed by atoms with Crippen LogP contribution in [0.2, 0.25) is 0 Å². The van der Waals surface area contributed by atoms with E-state index in [9.17, 15) is 0 Å². The second kappa shape index (κ2) is 4.79. The Morgan fingerprint density at radius 2 is 1.79 bits per heavy atom. The first-order valence-electron chi connectivity index (χ1n) is 7.60. The number of hydrogen-bond donors (Lipinski definition) is 1. The minimum absolute atomic E-state index is 0.213. The van der Waals surface area contributed by atoms with Crippen molar-refractivity contribution in [2.24, 2.45) is 11.1 Å². The van der Waals surface area contributed by atoms with E-state index >= 15 is 0 Å². The topological polar surface area (TPSA) is 26.0 Å². The van der Waals surface area contributed by atoms with E-state index < -0.39 is 0 Å². The minimum atomic E-state index is 0.213. The molecule has 0 heterocycles. The minimum Gasteiger partial charge on any atom is -0.324 e. The van der Waals surface area contributed by atoms with Gasteiger partial charge >= 0.3 is 0 Å². The molecule has 2 N–H and O–H groups in total. The molecule has 2 aliphatic rings. The standard InChI is InChI=1S/C18H25N/c1-18(2)11-16(10-17(19)12-18)15-8-6-14(7-9-15)13-4-3-5-13/h6-10,13,17H,3-5,11-12,19H2,1-2H3. The van der Waals surface area contributed by atoms with Gasteiger partial charge < -0.3 is 5.73 Å². The van der Waals surface area contributed by atoms with Gasteiger partial charge in [-0.3, -0.25) is 0 Å². The smallest absolute Gasteiger partial charge is 0.0234 e. The molecular weight excluding hydrogens is 230 g/mol. The molecule has 1 aromatic carbocycles. The Kier molecular flexibility index (Phi) is 3.26. The van der Waals surface area contributed by atoms with Crippen LogP contribution < -0.4 is 5.73 Å². The fourth-order valence-corrected chi connectivity index (χ4v) is 3.51. The fourth-order valence-electron chi connectivity index (χ4n) is 3.51. The Hall–Kier alpha value is -1.08. The van der Waals surface area contributed by atoms with Crippen molar-refractivity contribution in [2.45, 2.75) is 57.9 Å². The van der Waals surface area contributed by atoms with Gasteiger partial charge in [-0.15, -0.1) is 0 Å². The lowest BCUT2D eigenvalue weighted by Crippen LogP contribution is -2.30. The van der Waals surface area contributed by atoms with Gasteiger partial charge in [-0.25, -0.2) is 0 Å². The molecule has 1 heteroatoms. The highest BCUT2D eigenvalue weighted by Gasteiger charge is 2.27. The van der Waals surface area contributed by atoms with E-state index in [0.717, 1.165) is 18.8 Å². The van der Waals surface area contributed by atoms with Gasteiger partial charge in [-0.1, -0.05) is 50.6 Å². The van der Waals surface area contributed by atoms with Crippen LogP contribution in [-0.2, 0) is 0 Å². The van der Waals surface area contributed by atoms with Crippen molar-refractivity contribution in [1.29, 1.82) is 0 Å². The molecule has 0 spiro atoms. The van der Waals surface area contributed by atoms with Gasteiger partial charge in [0, 0.05) is 6.04 Å². The third-order valence-electron chi connectivity index (χ3n) is 4.73. The van der Waals surface area contributed by atoms with Gasteiger partial charge in [0.25, 0.3) is 0 Å². The summed E-state index contributed by atoms with van der Waals surface area (Å²) in [7, 11) is 0. The Balaban J connectivity index is 1.81. The molecule has 102 valence electrons. The number of hydrogen-bond acceptors (Lipinski definition) is 1. The normalized spacial score (nSPS) is 26.7. The maximum Gasteiger partial charge on any atom is 0.0234 e. The summed E-state index contributed by atoms with van der Waals surface area (Å²) < 4.78 is 0. The van der Waals surface area contributed by atoms with Crippen LogP contribution in [-0.4, -0.2) is 6.04 Å². The first-order valence-corrected chi connectivity index (χ1v) is 7.60. The van der Waals surface area contributed by atoms with Crippen molar-refractivity contribution in [1.82, 2.24) is 0 Å². The third-order valence-corrected chi connectivity index (χ3v) is 4.73. The van der Waals surface area contributed by atoms with E-state index in [1.165, 1.54) is 36.0 Å². The molecular formula is C18H25N. The van der Waals surface area contributed by atoms with Crippen molar-refractivity contribution < 1.29 is 0 Å². The number of nitrogens with two attached hydrogens (primary N) is 1. The summed E-state index contributed by atoms with van der Waals surface area (Å²) in [6.07, 6.45) is 8.66. The van der Waals surface area contributed by atoms with Crippen LogP contribution in [0.1, 0.15) is 63.0 Å². The van der Waals surface area contributed by atoms with Crippen molar-refractivity contribution in [3.63, 3.8) is 0 Å². The highest BCUT2D eigenvalue weighted by Crippen LogP contribution is 2.40. The van der Waals surface area contributed by atoms with Crippen LogP contribution in [0.25, 0.3) is 5.57 Å². The quantitative estimate of drug-likeness (QED) is 0.828. The molecule has 1 unspecified atom stereocenters. The Bertz CT molecular complexity index is 477. The maximum absolute atomic E-state index is 6.17. The number of allylic oxidation sites excluding steroid dienone is 1. The lowest BCUT2D eigenvalue weighted by molar-refractivity contribution is 0.319. The van der Waals surface area contributed by atoms with E-state index in [4.69, 9.17) is 5.73 Å². The monoisotopic (exact) mass is 255 g/mol. The van der Waals surface area contributed by atoms with Crippen molar-refractivity contribution in [3.05, 3.63) is 41.5 Å². The molecule has 0 bridgehead atoms. The van der Waals surface area contributed by atoms with Gasteiger partial charge in [0.05, 0.1) is 0 Å². The Morgan fingerprint density at radius 1 is 1.11 bits per heavy atom. The van der Waals surface area contributed by atoms with Crippen LogP contribution >= 0.6 is 0 Å². The second-order valence-electron chi connectivity index (χ2n) is 7.15. The highest BCUT2D eigenvalue weighted by atomic mass is 14.6. The number of benzene rings is 1. The lowest BCUT2D eigenvalue weighted by Gasteiger charge is -2.33. The molecule has 0 radical (unpaired) electrons. The van der Waals surface area contributed by atoms with Gasteiger partial charge in [-0.05, 0) is 53.7 Å². The molecule has 1 saturated carbocycles. The Labute approximate surface area is 116 Å². The van der Waals surface area contributed by atoms with Gasteiger partial charge in [0.2, 0.25) is 0 Å². The van der Waals surface area contributed by atoms with Crippen LogP contribution in [0, 0.1) is 5.41 Å². The van der Waals surface area contributed by atoms with Crippen LogP contribution in [0.3, 0.4) is 0 Å². The van der Waals surface area contributed by atoms with Crippen molar-refractivity contribution in [2.75, 3.05) is 0 Å². The molecule has 0 aliphatic heterocycles. The Morgan fingerprint density at radius 3 is 2.32 bits per heavy atom. The summed E-state index contributed by atoms with van der Waals surface area (Å²) >= 11 is 0.